The van der Waals surface area contributed by atoms with Crippen molar-refractivity contribution in [3.8, 4) is 5.75 Å². The molecule has 0 unspecified atom stereocenters. The number of halogens is 2. The molecular formula is C37H48ClFN4O7S2. The van der Waals surface area contributed by atoms with E-state index < -0.39 is 66.3 Å². The van der Waals surface area contributed by atoms with Gasteiger partial charge in [0.15, 0.2) is 9.84 Å². The number of likely N-dealkylation sites (N-methyl/N-ethyl adjacent to an activating group) is 1. The summed E-state index contributed by atoms with van der Waals surface area (Å²) in [5.74, 6) is -2.57. The molecule has 1 N–H and O–H groups in total. The number of allylic oxidation sites excluding steroid dienone is 1. The molecule has 4 aliphatic rings. The molecule has 1 aliphatic carbocycles. The number of benzene rings is 2. The van der Waals surface area contributed by atoms with Crippen molar-refractivity contribution < 1.29 is 35.6 Å². The van der Waals surface area contributed by atoms with Crippen LogP contribution in [0.1, 0.15) is 74.4 Å². The number of ether oxygens (including phenoxy) is 1. The number of amides is 2. The molecule has 1 fully saturated rings. The third kappa shape index (κ3) is 7.58. The molecule has 5 atom stereocenters. The Labute approximate surface area is 311 Å². The summed E-state index contributed by atoms with van der Waals surface area (Å²) < 4.78 is 77.3. The van der Waals surface area contributed by atoms with Crippen LogP contribution in [0.3, 0.4) is 0 Å². The highest BCUT2D eigenvalue weighted by Gasteiger charge is 2.48. The standard InChI is InChI=1S/C37H48ClFN4O7S2/c1-5-51(46,47)19-18-41(4)36(45)34-30(39)14-10-24(2)25(3)52(48,49)40-35(44)27-11-15-32-31(21-27)43(33-9-7-17-42(33)34)22-37(23-50-32)16-6-8-26-20-28(38)12-13-29(26)37/h11-15,20-21,24-25,33-34H,5-10,16-19,22-23H2,1-4H3,(H,40,44)/b30-14-/t24-,25+,33+,34+,37-/m0/s1. The van der Waals surface area contributed by atoms with Crippen molar-refractivity contribution in [1.29, 1.82) is 0 Å². The van der Waals surface area contributed by atoms with Crippen molar-refractivity contribution in [1.82, 2.24) is 14.5 Å². The molecular weight excluding hydrogens is 731 g/mol. The summed E-state index contributed by atoms with van der Waals surface area (Å²) in [6.45, 7) is 5.65. The topological polar surface area (TPSA) is 133 Å². The lowest BCUT2D eigenvalue weighted by atomic mass is 9.70. The minimum Gasteiger partial charge on any atom is -0.490 e. The van der Waals surface area contributed by atoms with E-state index in [0.717, 1.165) is 30.4 Å². The second-order valence-electron chi connectivity index (χ2n) is 14.8. The molecule has 2 bridgehead atoms. The van der Waals surface area contributed by atoms with E-state index in [1.54, 1.807) is 32.0 Å². The predicted octanol–water partition coefficient (Wildman–Crippen LogP) is 4.84. The molecule has 0 radical (unpaired) electrons. The highest BCUT2D eigenvalue weighted by atomic mass is 35.5. The van der Waals surface area contributed by atoms with Crippen molar-refractivity contribution in [3.63, 3.8) is 0 Å². The minimum absolute atomic E-state index is 0.0176. The Morgan fingerprint density at radius 1 is 1.17 bits per heavy atom. The molecule has 0 saturated carbocycles. The number of nitrogens with zero attached hydrogens (tertiary/aromatic N) is 3. The van der Waals surface area contributed by atoms with Crippen LogP contribution >= 0.6 is 11.6 Å². The lowest BCUT2D eigenvalue weighted by Crippen LogP contribution is -2.57. The van der Waals surface area contributed by atoms with Crippen LogP contribution in [-0.4, -0.2) is 101 Å². The first-order valence-corrected chi connectivity index (χ1v) is 21.8. The predicted molar refractivity (Wildman–Crippen MR) is 200 cm³/mol. The van der Waals surface area contributed by atoms with Gasteiger partial charge < -0.3 is 14.5 Å². The summed E-state index contributed by atoms with van der Waals surface area (Å²) in [6, 6.07) is 9.33. The minimum atomic E-state index is -4.18. The van der Waals surface area contributed by atoms with Crippen LogP contribution in [0.4, 0.5) is 10.1 Å². The van der Waals surface area contributed by atoms with Gasteiger partial charge in [-0.1, -0.05) is 37.6 Å². The van der Waals surface area contributed by atoms with Gasteiger partial charge in [-0.2, -0.15) is 0 Å². The average molecular weight is 779 g/mol. The van der Waals surface area contributed by atoms with Gasteiger partial charge >= 0.3 is 0 Å². The monoisotopic (exact) mass is 778 g/mol. The normalized spacial score (nSPS) is 28.9. The molecule has 6 rings (SSSR count). The lowest BCUT2D eigenvalue weighted by molar-refractivity contribution is -0.135. The number of sulfone groups is 1. The van der Waals surface area contributed by atoms with E-state index in [1.807, 2.05) is 23.1 Å². The number of carbonyl (C=O) groups is 2. The molecule has 3 heterocycles. The number of rotatable bonds is 5. The molecule has 15 heteroatoms. The van der Waals surface area contributed by atoms with Crippen molar-refractivity contribution in [3.05, 3.63) is 70.0 Å². The number of aryl methyl sites for hydroxylation is 1. The van der Waals surface area contributed by atoms with Gasteiger partial charge in [-0.3, -0.25) is 14.5 Å². The number of hydrogen-bond acceptors (Lipinski definition) is 9. The Bertz CT molecular complexity index is 1980. The van der Waals surface area contributed by atoms with Gasteiger partial charge in [-0.05, 0) is 92.8 Å². The van der Waals surface area contributed by atoms with Crippen molar-refractivity contribution >= 4 is 49.0 Å². The summed E-state index contributed by atoms with van der Waals surface area (Å²) in [5.41, 5.74) is 2.35. The number of nitrogens with one attached hydrogen (secondary N) is 1. The van der Waals surface area contributed by atoms with Crippen LogP contribution in [-0.2, 0) is 36.5 Å². The van der Waals surface area contributed by atoms with Crippen molar-refractivity contribution in [2.75, 3.05) is 49.7 Å². The second-order valence-corrected chi connectivity index (χ2v) is 19.7. The van der Waals surface area contributed by atoms with Gasteiger partial charge in [-0.15, -0.1) is 0 Å². The first kappa shape index (κ1) is 38.5. The number of fused-ring (bicyclic) bond motifs is 5. The van der Waals surface area contributed by atoms with Crippen molar-refractivity contribution in [2.45, 2.75) is 82.2 Å². The summed E-state index contributed by atoms with van der Waals surface area (Å²) in [5, 5.41) is -0.430. The Morgan fingerprint density at radius 3 is 2.69 bits per heavy atom. The van der Waals surface area contributed by atoms with E-state index in [1.165, 1.54) is 24.9 Å². The molecule has 3 aliphatic heterocycles. The molecule has 2 aromatic carbocycles. The molecule has 11 nitrogen and oxygen atoms in total. The molecule has 1 spiro atoms. The van der Waals surface area contributed by atoms with Gasteiger partial charge in [0.2, 0.25) is 15.9 Å². The van der Waals surface area contributed by atoms with Crippen LogP contribution in [0.2, 0.25) is 5.02 Å². The van der Waals surface area contributed by atoms with E-state index in [2.05, 4.69) is 9.62 Å². The summed E-state index contributed by atoms with van der Waals surface area (Å²) in [6.07, 6.45) is 4.44. The first-order chi connectivity index (χ1) is 24.6. The lowest BCUT2D eigenvalue weighted by Gasteiger charge is -2.45. The molecule has 1 saturated heterocycles. The SMILES string of the molecule is CCS(=O)(=O)CCN(C)C(=O)[C@H]1/C(F)=C/C[C@H](C)[C@@H](C)S(=O)(=O)NC(=O)c2ccc3c(c2)N(C[C@@]2(CCCc4cc(Cl)ccc42)CO3)[C@@H]2CCCN12. The average Bonchev–Trinajstić information content (AvgIpc) is 3.52. The van der Waals surface area contributed by atoms with Gasteiger partial charge in [0.25, 0.3) is 5.91 Å². The van der Waals surface area contributed by atoms with Gasteiger partial charge in [0.05, 0.1) is 29.5 Å². The zero-order valence-corrected chi connectivity index (χ0v) is 32.5. The zero-order chi connectivity index (χ0) is 37.6. The third-order valence-corrected chi connectivity index (χ3v) is 15.3. The van der Waals surface area contributed by atoms with Gasteiger partial charge in [0, 0.05) is 48.4 Å². The van der Waals surface area contributed by atoms with Crippen LogP contribution in [0, 0.1) is 5.92 Å². The number of sulfonamides is 1. The zero-order valence-electron chi connectivity index (χ0n) is 30.1. The van der Waals surface area contributed by atoms with E-state index in [0.29, 0.717) is 49.0 Å². The molecule has 2 aromatic rings. The second kappa shape index (κ2) is 14.9. The Balaban J connectivity index is 1.51. The van der Waals surface area contributed by atoms with E-state index in [4.69, 9.17) is 16.3 Å². The first-order valence-electron chi connectivity index (χ1n) is 18.0. The van der Waals surface area contributed by atoms with Crippen LogP contribution in [0.15, 0.2) is 48.3 Å². The Morgan fingerprint density at radius 2 is 1.94 bits per heavy atom. The number of anilines is 1. The van der Waals surface area contributed by atoms with Gasteiger partial charge in [0.1, 0.15) is 17.6 Å². The molecule has 2 amide bonds. The maximum Gasteiger partial charge on any atom is 0.264 e. The van der Waals surface area contributed by atoms with Crippen LogP contribution < -0.4 is 14.4 Å². The number of hydrogen-bond donors (Lipinski definition) is 1. The van der Waals surface area contributed by atoms with E-state index in [-0.39, 0.29) is 30.0 Å². The fourth-order valence-electron chi connectivity index (χ4n) is 8.05. The Kier molecular flexibility index (Phi) is 11.0. The third-order valence-electron chi connectivity index (χ3n) is 11.5. The number of carbonyl (C=O) groups excluding carboxylic acids is 2. The maximum absolute atomic E-state index is 16.8. The highest BCUT2D eigenvalue weighted by Crippen LogP contribution is 2.47. The van der Waals surface area contributed by atoms with Crippen LogP contribution in [0.5, 0.6) is 5.75 Å². The molecule has 0 aromatic heterocycles. The summed E-state index contributed by atoms with van der Waals surface area (Å²) >= 11 is 6.44. The fraction of sp³-hybridized carbons (Fsp3) is 0.568. The van der Waals surface area contributed by atoms with Gasteiger partial charge in [-0.25, -0.2) is 25.9 Å². The highest BCUT2D eigenvalue weighted by molar-refractivity contribution is 7.91. The van der Waals surface area contributed by atoms with Crippen LogP contribution in [0.25, 0.3) is 0 Å². The smallest absolute Gasteiger partial charge is 0.264 e. The summed E-state index contributed by atoms with van der Waals surface area (Å²) in [4.78, 5) is 33.2. The Hall–Kier alpha value is -3.20. The van der Waals surface area contributed by atoms with E-state index in [9.17, 15) is 26.4 Å². The van der Waals surface area contributed by atoms with Crippen molar-refractivity contribution in [2.24, 2.45) is 5.92 Å². The fourth-order valence-corrected chi connectivity index (χ4v) is 10.4. The van der Waals surface area contributed by atoms with E-state index >= 15 is 4.39 Å². The maximum atomic E-state index is 16.8. The quantitative estimate of drug-likeness (QED) is 0.453. The largest absolute Gasteiger partial charge is 0.490 e. The summed E-state index contributed by atoms with van der Waals surface area (Å²) in [7, 11) is -6.10. The molecule has 284 valence electrons. The molecule has 52 heavy (non-hydrogen) atoms.